The molecule has 4 rings (SSSR count). The zero-order valence-electron chi connectivity index (χ0n) is 15.3. The first-order chi connectivity index (χ1) is 13.7. The number of nitrogens with zero attached hydrogens (tertiary/aromatic N) is 4. The molecular formula is C21H20N4O3. The van der Waals surface area contributed by atoms with E-state index < -0.39 is 12.1 Å². The van der Waals surface area contributed by atoms with Crippen LogP contribution < -0.4 is 0 Å². The molecule has 2 heterocycles. The van der Waals surface area contributed by atoms with E-state index in [0.29, 0.717) is 24.2 Å². The lowest BCUT2D eigenvalue weighted by molar-refractivity contribution is -0.140. The summed E-state index contributed by atoms with van der Waals surface area (Å²) in [7, 11) is 0. The molecule has 1 aromatic heterocycles. The average Bonchev–Trinajstić information content (AvgIpc) is 3.46. The van der Waals surface area contributed by atoms with Crippen molar-refractivity contribution in [3.8, 4) is 5.69 Å². The third kappa shape index (κ3) is 3.78. The summed E-state index contributed by atoms with van der Waals surface area (Å²) in [6.45, 7) is 1.40. The normalized spacial score (nSPS) is 14.6. The molecule has 1 aliphatic rings. The second kappa shape index (κ2) is 8.04. The van der Waals surface area contributed by atoms with Gasteiger partial charge in [-0.15, -0.1) is 0 Å². The lowest BCUT2D eigenvalue weighted by Crippen LogP contribution is -2.34. The Morgan fingerprint density at radius 1 is 0.964 bits per heavy atom. The number of rotatable bonds is 5. The average molecular weight is 376 g/mol. The van der Waals surface area contributed by atoms with Crippen LogP contribution in [0.4, 0.5) is 0 Å². The van der Waals surface area contributed by atoms with Gasteiger partial charge in [0.15, 0.2) is 0 Å². The highest BCUT2D eigenvalue weighted by Gasteiger charge is 2.31. The molecule has 0 N–H and O–H groups in total. The molecule has 1 atom stereocenters. The van der Waals surface area contributed by atoms with E-state index in [9.17, 15) is 9.59 Å². The molecule has 0 radical (unpaired) electrons. The highest BCUT2D eigenvalue weighted by atomic mass is 16.5. The van der Waals surface area contributed by atoms with Crippen molar-refractivity contribution < 1.29 is 14.3 Å². The van der Waals surface area contributed by atoms with Crippen molar-refractivity contribution in [1.82, 2.24) is 19.7 Å². The third-order valence-electron chi connectivity index (χ3n) is 4.76. The van der Waals surface area contributed by atoms with E-state index in [2.05, 4.69) is 10.1 Å². The Kier molecular flexibility index (Phi) is 5.14. The van der Waals surface area contributed by atoms with Crippen molar-refractivity contribution in [2.45, 2.75) is 18.9 Å². The number of hydrogen-bond donors (Lipinski definition) is 0. The largest absolute Gasteiger partial charge is 0.444 e. The number of esters is 1. The zero-order valence-corrected chi connectivity index (χ0v) is 15.3. The highest BCUT2D eigenvalue weighted by Crippen LogP contribution is 2.24. The number of ether oxygens (including phenoxy) is 1. The minimum atomic E-state index is -0.943. The van der Waals surface area contributed by atoms with Gasteiger partial charge in [-0.25, -0.2) is 14.5 Å². The van der Waals surface area contributed by atoms with Crippen molar-refractivity contribution >= 4 is 11.9 Å². The number of likely N-dealkylation sites (tertiary alicyclic amines) is 1. The van der Waals surface area contributed by atoms with Crippen molar-refractivity contribution in [2.75, 3.05) is 13.1 Å². The molecule has 28 heavy (non-hydrogen) atoms. The molecule has 0 spiro atoms. The van der Waals surface area contributed by atoms with Crippen LogP contribution in [0.1, 0.15) is 34.9 Å². The SMILES string of the molecule is O=C(O[C@H](C(=O)N1CCCC1)c1ccccc1)c1ccc(-n2cncn2)cc1. The third-order valence-corrected chi connectivity index (χ3v) is 4.76. The topological polar surface area (TPSA) is 77.3 Å². The first-order valence-electron chi connectivity index (χ1n) is 9.22. The summed E-state index contributed by atoms with van der Waals surface area (Å²) in [5.74, 6) is -0.706. The minimum absolute atomic E-state index is 0.170. The van der Waals surface area contributed by atoms with Crippen LogP contribution in [-0.4, -0.2) is 44.6 Å². The molecule has 0 bridgehead atoms. The van der Waals surface area contributed by atoms with Gasteiger partial charge in [0, 0.05) is 18.7 Å². The monoisotopic (exact) mass is 376 g/mol. The van der Waals surface area contributed by atoms with E-state index in [1.807, 2.05) is 18.2 Å². The van der Waals surface area contributed by atoms with Crippen LogP contribution in [0.3, 0.4) is 0 Å². The summed E-state index contributed by atoms with van der Waals surface area (Å²) < 4.78 is 7.26. The summed E-state index contributed by atoms with van der Waals surface area (Å²) in [4.78, 5) is 31.3. The first-order valence-corrected chi connectivity index (χ1v) is 9.22. The van der Waals surface area contributed by atoms with Crippen LogP contribution in [0.25, 0.3) is 5.69 Å². The Hall–Kier alpha value is -3.48. The van der Waals surface area contributed by atoms with Crippen molar-refractivity contribution in [3.05, 3.63) is 78.4 Å². The van der Waals surface area contributed by atoms with E-state index in [-0.39, 0.29) is 5.91 Å². The fraction of sp³-hybridized carbons (Fsp3) is 0.238. The molecule has 1 aliphatic heterocycles. The Morgan fingerprint density at radius 3 is 2.32 bits per heavy atom. The fourth-order valence-electron chi connectivity index (χ4n) is 3.26. The second-order valence-electron chi connectivity index (χ2n) is 6.62. The molecule has 1 amide bonds. The predicted molar refractivity (Wildman–Crippen MR) is 102 cm³/mol. The van der Waals surface area contributed by atoms with Crippen LogP contribution in [-0.2, 0) is 9.53 Å². The van der Waals surface area contributed by atoms with Crippen LogP contribution in [0.15, 0.2) is 67.3 Å². The molecule has 1 fully saturated rings. The van der Waals surface area contributed by atoms with Crippen molar-refractivity contribution in [2.24, 2.45) is 0 Å². The maximum Gasteiger partial charge on any atom is 0.339 e. The van der Waals surface area contributed by atoms with Gasteiger partial charge in [0.25, 0.3) is 5.91 Å². The molecule has 0 saturated carbocycles. The second-order valence-corrected chi connectivity index (χ2v) is 6.62. The van der Waals surface area contributed by atoms with Crippen LogP contribution in [0.5, 0.6) is 0 Å². The standard InChI is InChI=1S/C21H20N4O3/c26-20(24-12-4-5-13-24)19(16-6-2-1-3-7-16)28-21(27)17-8-10-18(11-9-17)25-15-22-14-23-25/h1-3,6-11,14-15,19H,4-5,12-13H2/t19-/m0/s1. The van der Waals surface area contributed by atoms with Gasteiger partial charge in [0.1, 0.15) is 12.7 Å². The lowest BCUT2D eigenvalue weighted by atomic mass is 10.1. The maximum absolute atomic E-state index is 13.0. The Bertz CT molecular complexity index is 934. The van der Waals surface area contributed by atoms with Crippen molar-refractivity contribution in [3.63, 3.8) is 0 Å². The fourth-order valence-corrected chi connectivity index (χ4v) is 3.26. The van der Waals surface area contributed by atoms with E-state index in [1.54, 1.807) is 52.3 Å². The molecule has 1 saturated heterocycles. The summed E-state index contributed by atoms with van der Waals surface area (Å²) in [5, 5.41) is 4.06. The maximum atomic E-state index is 13.0. The van der Waals surface area contributed by atoms with E-state index in [0.717, 1.165) is 18.5 Å². The van der Waals surface area contributed by atoms with Gasteiger partial charge in [-0.05, 0) is 37.1 Å². The van der Waals surface area contributed by atoms with Gasteiger partial charge in [0.05, 0.1) is 11.3 Å². The number of carbonyl (C=O) groups excluding carboxylic acids is 2. The summed E-state index contributed by atoms with van der Waals surface area (Å²) in [5.41, 5.74) is 1.83. The van der Waals surface area contributed by atoms with Gasteiger partial charge in [-0.2, -0.15) is 5.10 Å². The smallest absolute Gasteiger partial charge is 0.339 e. The molecule has 2 aromatic carbocycles. The van der Waals surface area contributed by atoms with Crippen LogP contribution >= 0.6 is 0 Å². The lowest BCUT2D eigenvalue weighted by Gasteiger charge is -2.23. The quantitative estimate of drug-likeness (QED) is 0.640. The highest BCUT2D eigenvalue weighted by molar-refractivity contribution is 5.93. The predicted octanol–water partition coefficient (Wildman–Crippen LogP) is 2.79. The number of carbonyl (C=O) groups is 2. The minimum Gasteiger partial charge on any atom is -0.444 e. The Morgan fingerprint density at radius 2 is 1.68 bits per heavy atom. The molecule has 0 aliphatic carbocycles. The molecule has 142 valence electrons. The van der Waals surface area contributed by atoms with Gasteiger partial charge in [-0.3, -0.25) is 4.79 Å². The number of amides is 1. The van der Waals surface area contributed by atoms with Gasteiger partial charge >= 0.3 is 5.97 Å². The number of aromatic nitrogens is 3. The summed E-state index contributed by atoms with van der Waals surface area (Å²) in [6.07, 6.45) is 4.03. The molecular weight excluding hydrogens is 356 g/mol. The van der Waals surface area contributed by atoms with E-state index in [4.69, 9.17) is 4.74 Å². The number of hydrogen-bond acceptors (Lipinski definition) is 5. The number of benzene rings is 2. The summed E-state index contributed by atoms with van der Waals surface area (Å²) >= 11 is 0. The van der Waals surface area contributed by atoms with Gasteiger partial charge < -0.3 is 9.64 Å². The zero-order chi connectivity index (χ0) is 19.3. The molecule has 3 aromatic rings. The van der Waals surface area contributed by atoms with E-state index >= 15 is 0 Å². The van der Waals surface area contributed by atoms with Crippen LogP contribution in [0, 0.1) is 0 Å². The first kappa shape index (κ1) is 17.9. The molecule has 0 unspecified atom stereocenters. The van der Waals surface area contributed by atoms with E-state index in [1.165, 1.54) is 6.33 Å². The summed E-state index contributed by atoms with van der Waals surface area (Å²) in [6, 6.07) is 16.0. The Balaban J connectivity index is 1.54. The van der Waals surface area contributed by atoms with Crippen molar-refractivity contribution in [1.29, 1.82) is 0 Å². The van der Waals surface area contributed by atoms with Crippen LogP contribution in [0.2, 0.25) is 0 Å². The Labute approximate surface area is 162 Å². The molecule has 7 heteroatoms. The van der Waals surface area contributed by atoms with Gasteiger partial charge in [-0.1, -0.05) is 30.3 Å². The molecule has 7 nitrogen and oxygen atoms in total. The van der Waals surface area contributed by atoms with Gasteiger partial charge in [0.2, 0.25) is 6.10 Å².